The second-order valence-corrected chi connectivity index (χ2v) is 4.01. The average Bonchev–Trinajstić information content (AvgIpc) is 2.65. The van der Waals surface area contributed by atoms with Crippen LogP contribution in [0.2, 0.25) is 0 Å². The third-order valence-corrected chi connectivity index (χ3v) is 2.76. The molecule has 0 spiro atoms. The molecule has 0 heterocycles. The predicted octanol–water partition coefficient (Wildman–Crippen LogP) is 1.29. The van der Waals surface area contributed by atoms with Crippen LogP contribution in [0.5, 0.6) is 0 Å². The Kier molecular flexibility index (Phi) is 4.14. The van der Waals surface area contributed by atoms with E-state index >= 15 is 0 Å². The first-order chi connectivity index (χ1) is 6.66. The largest absolute Gasteiger partial charge is 0.335 e. The van der Waals surface area contributed by atoms with Crippen molar-refractivity contribution in [3.63, 3.8) is 0 Å². The van der Waals surface area contributed by atoms with E-state index < -0.39 is 6.04 Å². The van der Waals surface area contributed by atoms with E-state index in [2.05, 4.69) is 6.58 Å². The van der Waals surface area contributed by atoms with Crippen LogP contribution in [-0.4, -0.2) is 29.4 Å². The van der Waals surface area contributed by atoms with Crippen molar-refractivity contribution in [3.05, 3.63) is 12.7 Å². The van der Waals surface area contributed by atoms with Gasteiger partial charge in [0.1, 0.15) is 0 Å². The van der Waals surface area contributed by atoms with Crippen LogP contribution in [0.3, 0.4) is 0 Å². The van der Waals surface area contributed by atoms with Gasteiger partial charge in [0.2, 0.25) is 5.91 Å². The van der Waals surface area contributed by atoms with Crippen LogP contribution in [-0.2, 0) is 4.79 Å². The first-order valence-electron chi connectivity index (χ1n) is 5.33. The van der Waals surface area contributed by atoms with Crippen molar-refractivity contribution in [3.8, 4) is 0 Å². The van der Waals surface area contributed by atoms with Gasteiger partial charge < -0.3 is 10.6 Å². The molecular weight excluding hydrogens is 176 g/mol. The highest BCUT2D eigenvalue weighted by Crippen LogP contribution is 2.23. The number of carbonyl (C=O) groups is 1. The van der Waals surface area contributed by atoms with Crippen LogP contribution in [0.15, 0.2) is 12.7 Å². The molecule has 3 heteroatoms. The predicted molar refractivity (Wildman–Crippen MR) is 57.8 cm³/mol. The third kappa shape index (κ3) is 2.58. The summed E-state index contributed by atoms with van der Waals surface area (Å²) in [4.78, 5) is 13.7. The van der Waals surface area contributed by atoms with Crippen molar-refractivity contribution < 1.29 is 4.79 Å². The summed E-state index contributed by atoms with van der Waals surface area (Å²) in [5, 5.41) is 0. The Bertz CT molecular complexity index is 207. The van der Waals surface area contributed by atoms with Gasteiger partial charge in [0, 0.05) is 12.6 Å². The van der Waals surface area contributed by atoms with Crippen molar-refractivity contribution >= 4 is 5.91 Å². The summed E-state index contributed by atoms with van der Waals surface area (Å²) in [6.07, 6.45) is 6.46. The molecule has 0 aromatic heterocycles. The zero-order valence-corrected chi connectivity index (χ0v) is 8.91. The van der Waals surface area contributed by atoms with Gasteiger partial charge in [0.05, 0.1) is 6.04 Å². The Labute approximate surface area is 86.0 Å². The molecule has 1 saturated carbocycles. The van der Waals surface area contributed by atoms with Crippen molar-refractivity contribution in [2.45, 2.75) is 44.7 Å². The van der Waals surface area contributed by atoms with Gasteiger partial charge in [-0.1, -0.05) is 18.9 Å². The maximum atomic E-state index is 11.8. The molecule has 3 nitrogen and oxygen atoms in total. The Morgan fingerprint density at radius 1 is 1.64 bits per heavy atom. The molecule has 1 atom stereocenters. The number of nitrogens with zero attached hydrogens (tertiary/aromatic N) is 1. The lowest BCUT2D eigenvalue weighted by molar-refractivity contribution is -0.133. The summed E-state index contributed by atoms with van der Waals surface area (Å²) >= 11 is 0. The number of rotatable bonds is 4. The lowest BCUT2D eigenvalue weighted by Gasteiger charge is -2.29. The molecule has 0 unspecified atom stereocenters. The Morgan fingerprint density at radius 3 is 2.64 bits per heavy atom. The summed E-state index contributed by atoms with van der Waals surface area (Å²) in [6, 6.07) is 0.00190. The molecular formula is C11H20N2O. The van der Waals surface area contributed by atoms with E-state index in [0.717, 1.165) is 12.8 Å². The molecule has 80 valence electrons. The zero-order chi connectivity index (χ0) is 10.6. The molecule has 0 saturated heterocycles. The molecule has 1 aliphatic rings. The summed E-state index contributed by atoms with van der Waals surface area (Å²) < 4.78 is 0. The number of nitrogens with two attached hydrogens (primary N) is 1. The Balaban J connectivity index is 2.61. The summed E-state index contributed by atoms with van der Waals surface area (Å²) in [5.41, 5.74) is 5.61. The zero-order valence-electron chi connectivity index (χ0n) is 8.91. The minimum atomic E-state index is -0.393. The molecule has 1 aliphatic carbocycles. The van der Waals surface area contributed by atoms with Gasteiger partial charge in [-0.25, -0.2) is 0 Å². The van der Waals surface area contributed by atoms with Crippen molar-refractivity contribution in [2.24, 2.45) is 5.73 Å². The first-order valence-corrected chi connectivity index (χ1v) is 5.33. The van der Waals surface area contributed by atoms with E-state index in [4.69, 9.17) is 5.73 Å². The van der Waals surface area contributed by atoms with Gasteiger partial charge in [-0.3, -0.25) is 4.79 Å². The third-order valence-electron chi connectivity index (χ3n) is 2.76. The van der Waals surface area contributed by atoms with E-state index in [1.54, 1.807) is 13.0 Å². The van der Waals surface area contributed by atoms with Crippen LogP contribution in [0.1, 0.15) is 32.6 Å². The SMILES string of the molecule is C=CCN(C(=O)[C@H](C)N)C1CCCC1. The standard InChI is InChI=1S/C11H20N2O/c1-3-8-13(11(14)9(2)12)10-6-4-5-7-10/h3,9-10H,1,4-8,12H2,2H3/t9-/m0/s1. The fraction of sp³-hybridized carbons (Fsp3) is 0.727. The number of carbonyl (C=O) groups excluding carboxylic acids is 1. The lowest BCUT2D eigenvalue weighted by Crippen LogP contribution is -2.46. The molecule has 1 fully saturated rings. The van der Waals surface area contributed by atoms with Gasteiger partial charge in [-0.2, -0.15) is 0 Å². The van der Waals surface area contributed by atoms with Crippen molar-refractivity contribution in [1.29, 1.82) is 0 Å². The maximum Gasteiger partial charge on any atom is 0.239 e. The lowest BCUT2D eigenvalue weighted by atomic mass is 10.2. The Morgan fingerprint density at radius 2 is 2.21 bits per heavy atom. The molecule has 0 aromatic rings. The molecule has 14 heavy (non-hydrogen) atoms. The fourth-order valence-electron chi connectivity index (χ4n) is 2.04. The second kappa shape index (κ2) is 5.15. The van der Waals surface area contributed by atoms with Gasteiger partial charge in [0.15, 0.2) is 0 Å². The summed E-state index contributed by atoms with van der Waals surface area (Å²) in [5.74, 6) is 0.0526. The molecule has 0 bridgehead atoms. The van der Waals surface area contributed by atoms with E-state index in [1.807, 2.05) is 4.90 Å². The van der Waals surface area contributed by atoms with Crippen LogP contribution in [0.4, 0.5) is 0 Å². The quantitative estimate of drug-likeness (QED) is 0.689. The molecule has 1 amide bonds. The monoisotopic (exact) mass is 196 g/mol. The highest BCUT2D eigenvalue weighted by molar-refractivity contribution is 5.81. The highest BCUT2D eigenvalue weighted by atomic mass is 16.2. The van der Waals surface area contributed by atoms with Crippen LogP contribution < -0.4 is 5.73 Å². The minimum Gasteiger partial charge on any atom is -0.335 e. The Hall–Kier alpha value is -0.830. The molecule has 2 N–H and O–H groups in total. The van der Waals surface area contributed by atoms with Crippen LogP contribution in [0, 0.1) is 0 Å². The van der Waals surface area contributed by atoms with E-state index in [0.29, 0.717) is 12.6 Å². The number of hydrogen-bond acceptors (Lipinski definition) is 2. The number of hydrogen-bond donors (Lipinski definition) is 1. The fourth-order valence-corrected chi connectivity index (χ4v) is 2.04. The molecule has 0 aliphatic heterocycles. The van der Waals surface area contributed by atoms with Gasteiger partial charge >= 0.3 is 0 Å². The highest BCUT2D eigenvalue weighted by Gasteiger charge is 2.26. The minimum absolute atomic E-state index is 0.0526. The molecule has 0 aromatic carbocycles. The van der Waals surface area contributed by atoms with Crippen molar-refractivity contribution in [1.82, 2.24) is 4.90 Å². The van der Waals surface area contributed by atoms with Gasteiger partial charge in [-0.15, -0.1) is 6.58 Å². The van der Waals surface area contributed by atoms with Gasteiger partial charge in [-0.05, 0) is 19.8 Å². The van der Waals surface area contributed by atoms with Gasteiger partial charge in [0.25, 0.3) is 0 Å². The second-order valence-electron chi connectivity index (χ2n) is 4.01. The van der Waals surface area contributed by atoms with Crippen molar-refractivity contribution in [2.75, 3.05) is 6.54 Å². The summed E-state index contributed by atoms with van der Waals surface area (Å²) in [6.45, 7) is 6.05. The summed E-state index contributed by atoms with van der Waals surface area (Å²) in [7, 11) is 0. The van der Waals surface area contributed by atoms with E-state index in [9.17, 15) is 4.79 Å². The van der Waals surface area contributed by atoms with Crippen LogP contribution in [0.25, 0.3) is 0 Å². The average molecular weight is 196 g/mol. The normalized spacial score (nSPS) is 19.3. The topological polar surface area (TPSA) is 46.3 Å². The van der Waals surface area contributed by atoms with E-state index in [-0.39, 0.29) is 5.91 Å². The van der Waals surface area contributed by atoms with Crippen LogP contribution >= 0.6 is 0 Å². The molecule has 0 radical (unpaired) electrons. The molecule has 1 rings (SSSR count). The first kappa shape index (κ1) is 11.2. The number of amides is 1. The maximum absolute atomic E-state index is 11.8. The smallest absolute Gasteiger partial charge is 0.239 e. The van der Waals surface area contributed by atoms with E-state index in [1.165, 1.54) is 12.8 Å².